The standard InChI is InChI=1S/C14H15NO2S/c1-16-8-9-17-13-7-6-12(14(15)18)10-4-2-3-5-11(10)13/h2-7H,8-9H2,1H3,(H2,15,18). The second kappa shape index (κ2) is 5.80. The van der Waals surface area contributed by atoms with Crippen molar-refractivity contribution < 1.29 is 9.47 Å². The van der Waals surface area contributed by atoms with E-state index in [1.54, 1.807) is 7.11 Å². The third kappa shape index (κ3) is 2.60. The molecular weight excluding hydrogens is 246 g/mol. The summed E-state index contributed by atoms with van der Waals surface area (Å²) < 4.78 is 10.7. The highest BCUT2D eigenvalue weighted by atomic mass is 32.1. The topological polar surface area (TPSA) is 44.5 Å². The fourth-order valence-electron chi connectivity index (χ4n) is 1.85. The average molecular weight is 261 g/mol. The van der Waals surface area contributed by atoms with Crippen LogP contribution in [0.15, 0.2) is 36.4 Å². The zero-order valence-corrected chi connectivity index (χ0v) is 11.0. The summed E-state index contributed by atoms with van der Waals surface area (Å²) in [7, 11) is 1.65. The molecule has 3 nitrogen and oxygen atoms in total. The van der Waals surface area contributed by atoms with Crippen LogP contribution < -0.4 is 10.5 Å². The summed E-state index contributed by atoms with van der Waals surface area (Å²) in [6.45, 7) is 1.08. The fraction of sp³-hybridized carbons (Fsp3) is 0.214. The summed E-state index contributed by atoms with van der Waals surface area (Å²) in [4.78, 5) is 0.398. The maximum Gasteiger partial charge on any atom is 0.127 e. The second-order valence-electron chi connectivity index (χ2n) is 3.86. The Bertz CT molecular complexity index is 569. The molecule has 0 radical (unpaired) electrons. The minimum absolute atomic E-state index is 0.398. The van der Waals surface area contributed by atoms with Crippen LogP contribution >= 0.6 is 12.2 Å². The van der Waals surface area contributed by atoms with Gasteiger partial charge in [0.05, 0.1) is 6.61 Å². The van der Waals surface area contributed by atoms with Gasteiger partial charge in [-0.3, -0.25) is 0 Å². The molecule has 2 N–H and O–H groups in total. The number of thiocarbonyl (C=S) groups is 1. The molecule has 0 spiro atoms. The van der Waals surface area contributed by atoms with Crippen molar-refractivity contribution in [1.82, 2.24) is 0 Å². The number of hydrogen-bond acceptors (Lipinski definition) is 3. The number of fused-ring (bicyclic) bond motifs is 1. The number of methoxy groups -OCH3 is 1. The SMILES string of the molecule is COCCOc1ccc(C(N)=S)c2ccccc12. The number of rotatable bonds is 5. The molecule has 0 aliphatic heterocycles. The van der Waals surface area contributed by atoms with Crippen LogP contribution in [0.5, 0.6) is 5.75 Å². The molecule has 0 saturated heterocycles. The van der Waals surface area contributed by atoms with Crippen molar-refractivity contribution >= 4 is 28.0 Å². The van der Waals surface area contributed by atoms with Gasteiger partial charge in [-0.15, -0.1) is 0 Å². The number of ether oxygens (including phenoxy) is 2. The van der Waals surface area contributed by atoms with Crippen LogP contribution in [0.25, 0.3) is 10.8 Å². The van der Waals surface area contributed by atoms with Crippen LogP contribution in [0.3, 0.4) is 0 Å². The molecule has 2 aromatic carbocycles. The van der Waals surface area contributed by atoms with Gasteiger partial charge in [0.15, 0.2) is 0 Å². The Morgan fingerprint density at radius 3 is 2.50 bits per heavy atom. The van der Waals surface area contributed by atoms with Gasteiger partial charge in [-0.25, -0.2) is 0 Å². The molecule has 0 saturated carbocycles. The fourth-order valence-corrected chi connectivity index (χ4v) is 2.03. The van der Waals surface area contributed by atoms with Crippen LogP contribution in [0, 0.1) is 0 Å². The highest BCUT2D eigenvalue weighted by Gasteiger charge is 2.08. The molecule has 2 aromatic rings. The normalized spacial score (nSPS) is 10.5. The van der Waals surface area contributed by atoms with Crippen molar-refractivity contribution in [3.05, 3.63) is 42.0 Å². The molecule has 0 bridgehead atoms. The van der Waals surface area contributed by atoms with Crippen molar-refractivity contribution in [2.24, 2.45) is 5.73 Å². The molecule has 4 heteroatoms. The van der Waals surface area contributed by atoms with Gasteiger partial charge >= 0.3 is 0 Å². The Balaban J connectivity index is 2.44. The molecule has 0 fully saturated rings. The lowest BCUT2D eigenvalue weighted by atomic mass is 10.0. The Hall–Kier alpha value is -1.65. The first-order valence-corrected chi connectivity index (χ1v) is 6.08. The molecule has 18 heavy (non-hydrogen) atoms. The summed E-state index contributed by atoms with van der Waals surface area (Å²) in [6, 6.07) is 11.7. The maximum absolute atomic E-state index is 5.72. The van der Waals surface area contributed by atoms with E-state index in [9.17, 15) is 0 Å². The van der Waals surface area contributed by atoms with Crippen LogP contribution in [0.4, 0.5) is 0 Å². The largest absolute Gasteiger partial charge is 0.491 e. The van der Waals surface area contributed by atoms with E-state index < -0.39 is 0 Å². The van der Waals surface area contributed by atoms with E-state index in [0.29, 0.717) is 18.2 Å². The Morgan fingerprint density at radius 2 is 1.83 bits per heavy atom. The van der Waals surface area contributed by atoms with E-state index in [-0.39, 0.29) is 0 Å². The van der Waals surface area contributed by atoms with E-state index in [1.807, 2.05) is 36.4 Å². The molecule has 94 valence electrons. The van der Waals surface area contributed by atoms with Gasteiger partial charge in [0, 0.05) is 18.1 Å². The molecule has 0 amide bonds. The predicted octanol–water partition coefficient (Wildman–Crippen LogP) is 2.50. The predicted molar refractivity (Wildman–Crippen MR) is 77.2 cm³/mol. The van der Waals surface area contributed by atoms with Crippen LogP contribution in [0.2, 0.25) is 0 Å². The van der Waals surface area contributed by atoms with Gasteiger partial charge in [0.2, 0.25) is 0 Å². The van der Waals surface area contributed by atoms with Crippen LogP contribution in [-0.2, 0) is 4.74 Å². The average Bonchev–Trinajstić information content (AvgIpc) is 2.38. The summed E-state index contributed by atoms with van der Waals surface area (Å²) in [5, 5.41) is 2.03. The second-order valence-corrected chi connectivity index (χ2v) is 4.30. The lowest BCUT2D eigenvalue weighted by Gasteiger charge is -2.11. The first kappa shape index (κ1) is 12.8. The number of benzene rings is 2. The Labute approximate surface area is 111 Å². The van der Waals surface area contributed by atoms with Crippen molar-refractivity contribution in [3.63, 3.8) is 0 Å². The molecule has 0 atom stereocenters. The first-order chi connectivity index (χ1) is 8.74. The summed E-state index contributed by atoms with van der Waals surface area (Å²) in [6.07, 6.45) is 0. The molecule has 2 rings (SSSR count). The summed E-state index contributed by atoms with van der Waals surface area (Å²) >= 11 is 5.06. The third-order valence-corrected chi connectivity index (χ3v) is 2.91. The Kier molecular flexibility index (Phi) is 4.12. The van der Waals surface area contributed by atoms with Crippen molar-refractivity contribution in [2.45, 2.75) is 0 Å². The van der Waals surface area contributed by atoms with E-state index in [0.717, 1.165) is 22.1 Å². The Morgan fingerprint density at radius 1 is 1.11 bits per heavy atom. The molecule has 0 aliphatic rings. The third-order valence-electron chi connectivity index (χ3n) is 2.69. The highest BCUT2D eigenvalue weighted by Crippen LogP contribution is 2.28. The van der Waals surface area contributed by atoms with Crippen molar-refractivity contribution in [3.8, 4) is 5.75 Å². The zero-order valence-electron chi connectivity index (χ0n) is 10.2. The maximum atomic E-state index is 5.72. The summed E-state index contributed by atoms with van der Waals surface area (Å²) in [5.41, 5.74) is 6.60. The quantitative estimate of drug-likeness (QED) is 0.663. The van der Waals surface area contributed by atoms with Crippen molar-refractivity contribution in [1.29, 1.82) is 0 Å². The minimum atomic E-state index is 0.398. The van der Waals surface area contributed by atoms with E-state index in [4.69, 9.17) is 27.4 Å². The lowest BCUT2D eigenvalue weighted by Crippen LogP contribution is -2.10. The van der Waals surface area contributed by atoms with Gasteiger partial charge in [-0.1, -0.05) is 36.5 Å². The molecule has 0 heterocycles. The van der Waals surface area contributed by atoms with E-state index in [2.05, 4.69) is 0 Å². The van der Waals surface area contributed by atoms with Gasteiger partial charge in [-0.05, 0) is 17.5 Å². The summed E-state index contributed by atoms with van der Waals surface area (Å²) in [5.74, 6) is 0.822. The molecule has 0 unspecified atom stereocenters. The number of hydrogen-bond donors (Lipinski definition) is 1. The first-order valence-electron chi connectivity index (χ1n) is 5.67. The molecule has 0 aromatic heterocycles. The monoisotopic (exact) mass is 261 g/mol. The number of nitrogens with two attached hydrogens (primary N) is 1. The smallest absolute Gasteiger partial charge is 0.127 e. The molecule has 0 aliphatic carbocycles. The highest BCUT2D eigenvalue weighted by molar-refractivity contribution is 7.80. The molecular formula is C14H15NO2S. The van der Waals surface area contributed by atoms with Gasteiger partial charge in [0.25, 0.3) is 0 Å². The van der Waals surface area contributed by atoms with Gasteiger partial charge in [0.1, 0.15) is 17.3 Å². The van der Waals surface area contributed by atoms with Crippen LogP contribution in [0.1, 0.15) is 5.56 Å². The van der Waals surface area contributed by atoms with Crippen molar-refractivity contribution in [2.75, 3.05) is 20.3 Å². The van der Waals surface area contributed by atoms with Gasteiger partial charge < -0.3 is 15.2 Å². The lowest BCUT2D eigenvalue weighted by molar-refractivity contribution is 0.147. The van der Waals surface area contributed by atoms with E-state index in [1.165, 1.54) is 0 Å². The van der Waals surface area contributed by atoms with E-state index >= 15 is 0 Å². The zero-order chi connectivity index (χ0) is 13.0. The van der Waals surface area contributed by atoms with Crippen LogP contribution in [-0.4, -0.2) is 25.3 Å². The minimum Gasteiger partial charge on any atom is -0.491 e. The van der Waals surface area contributed by atoms with Gasteiger partial charge in [-0.2, -0.15) is 0 Å².